The third kappa shape index (κ3) is 2.46. The van der Waals surface area contributed by atoms with Crippen molar-refractivity contribution in [3.63, 3.8) is 0 Å². The fourth-order valence-electron chi connectivity index (χ4n) is 1.77. The summed E-state index contributed by atoms with van der Waals surface area (Å²) in [5.74, 6) is 0.764. The Hall–Kier alpha value is -1.58. The molecule has 2 heterocycles. The van der Waals surface area contributed by atoms with E-state index in [9.17, 15) is 4.79 Å². The molecule has 0 saturated carbocycles. The third-order valence-electron chi connectivity index (χ3n) is 2.53. The van der Waals surface area contributed by atoms with Gasteiger partial charge >= 0.3 is 0 Å². The number of methoxy groups -OCH3 is 1. The minimum Gasteiger partial charge on any atom is -0.481 e. The highest BCUT2D eigenvalue weighted by Gasteiger charge is 2.21. The van der Waals surface area contributed by atoms with Crippen LogP contribution in [0.3, 0.4) is 0 Å². The molecule has 0 radical (unpaired) electrons. The lowest BCUT2D eigenvalue weighted by Gasteiger charge is -2.09. The number of hydrogen-bond acceptors (Lipinski definition) is 3. The molecule has 1 unspecified atom stereocenters. The Morgan fingerprint density at radius 1 is 1.60 bits per heavy atom. The summed E-state index contributed by atoms with van der Waals surface area (Å²) in [5.41, 5.74) is 0.960. The Labute approximate surface area is 88.7 Å². The number of carbonyl (C=O) groups excluding carboxylic acids is 1. The van der Waals surface area contributed by atoms with Gasteiger partial charge in [-0.3, -0.25) is 4.79 Å². The highest BCUT2D eigenvalue weighted by atomic mass is 16.5. The summed E-state index contributed by atoms with van der Waals surface area (Å²) in [4.78, 5) is 15.3. The van der Waals surface area contributed by atoms with Gasteiger partial charge in [0, 0.05) is 30.6 Å². The molecular weight excluding hydrogens is 192 g/mol. The number of hydrogen-bond donors (Lipinski definition) is 1. The summed E-state index contributed by atoms with van der Waals surface area (Å²) in [6.07, 6.45) is 2.31. The lowest BCUT2D eigenvalue weighted by atomic mass is 10.1. The van der Waals surface area contributed by atoms with Crippen molar-refractivity contribution in [2.24, 2.45) is 0 Å². The Morgan fingerprint density at radius 2 is 2.47 bits per heavy atom. The Kier molecular flexibility index (Phi) is 2.85. The molecule has 1 fully saturated rings. The van der Waals surface area contributed by atoms with E-state index in [1.165, 1.54) is 0 Å². The van der Waals surface area contributed by atoms with Crippen LogP contribution in [0, 0.1) is 0 Å². The molecule has 0 aliphatic carbocycles. The first-order chi connectivity index (χ1) is 7.28. The Bertz CT molecular complexity index is 365. The summed E-state index contributed by atoms with van der Waals surface area (Å²) in [6.45, 7) is 0. The van der Waals surface area contributed by atoms with Crippen LogP contribution in [0.4, 0.5) is 0 Å². The van der Waals surface area contributed by atoms with Gasteiger partial charge < -0.3 is 10.1 Å². The minimum atomic E-state index is 0.142. The van der Waals surface area contributed by atoms with Crippen molar-refractivity contribution in [3.05, 3.63) is 23.9 Å². The molecule has 1 aromatic rings. The molecule has 1 aliphatic rings. The molecule has 1 amide bonds. The van der Waals surface area contributed by atoms with Crippen molar-refractivity contribution in [2.75, 3.05) is 7.11 Å². The maximum Gasteiger partial charge on any atom is 0.220 e. The van der Waals surface area contributed by atoms with Crippen LogP contribution in [0.1, 0.15) is 18.5 Å². The summed E-state index contributed by atoms with van der Waals surface area (Å²) in [6, 6.07) is 5.92. The second-order valence-corrected chi connectivity index (χ2v) is 3.68. The first-order valence-electron chi connectivity index (χ1n) is 5.07. The molecule has 1 aliphatic heterocycles. The highest BCUT2D eigenvalue weighted by Crippen LogP contribution is 2.13. The molecular formula is C11H14N2O2. The summed E-state index contributed by atoms with van der Waals surface area (Å²) < 4.78 is 5.04. The average Bonchev–Trinajstić information content (AvgIpc) is 2.64. The quantitative estimate of drug-likeness (QED) is 0.799. The standard InChI is InChI=1S/C11H14N2O2/c1-15-11-4-2-3-8(13-11)7-9-5-6-10(14)12-9/h2-4,9H,5-7H2,1H3,(H,12,14). The van der Waals surface area contributed by atoms with Crippen molar-refractivity contribution >= 4 is 5.91 Å². The fourth-order valence-corrected chi connectivity index (χ4v) is 1.77. The third-order valence-corrected chi connectivity index (χ3v) is 2.53. The number of rotatable bonds is 3. The van der Waals surface area contributed by atoms with E-state index in [1.807, 2.05) is 18.2 Å². The lowest BCUT2D eigenvalue weighted by molar-refractivity contribution is -0.119. The first-order valence-corrected chi connectivity index (χ1v) is 5.07. The van der Waals surface area contributed by atoms with Gasteiger partial charge in [-0.05, 0) is 12.5 Å². The topological polar surface area (TPSA) is 51.2 Å². The number of nitrogens with zero attached hydrogens (tertiary/aromatic N) is 1. The molecule has 1 aromatic heterocycles. The van der Waals surface area contributed by atoms with Crippen LogP contribution in [0.2, 0.25) is 0 Å². The van der Waals surface area contributed by atoms with Gasteiger partial charge in [-0.2, -0.15) is 0 Å². The molecule has 0 spiro atoms. The van der Waals surface area contributed by atoms with E-state index >= 15 is 0 Å². The van der Waals surface area contributed by atoms with Crippen LogP contribution in [0.25, 0.3) is 0 Å². The number of amides is 1. The molecule has 4 heteroatoms. The van der Waals surface area contributed by atoms with Crippen molar-refractivity contribution in [2.45, 2.75) is 25.3 Å². The van der Waals surface area contributed by atoms with Gasteiger partial charge in [-0.15, -0.1) is 0 Å². The Balaban J connectivity index is 2.01. The Morgan fingerprint density at radius 3 is 3.13 bits per heavy atom. The van der Waals surface area contributed by atoms with Crippen molar-refractivity contribution in [3.8, 4) is 5.88 Å². The van der Waals surface area contributed by atoms with Gasteiger partial charge in [0.1, 0.15) is 0 Å². The molecule has 80 valence electrons. The molecule has 1 saturated heterocycles. The summed E-state index contributed by atoms with van der Waals surface area (Å²) >= 11 is 0. The van der Waals surface area contributed by atoms with Gasteiger partial charge in [-0.1, -0.05) is 6.07 Å². The molecule has 1 N–H and O–H groups in total. The molecule has 2 rings (SSSR count). The number of pyridine rings is 1. The van der Waals surface area contributed by atoms with E-state index in [0.29, 0.717) is 12.3 Å². The maximum absolute atomic E-state index is 11.0. The zero-order chi connectivity index (χ0) is 10.7. The highest BCUT2D eigenvalue weighted by molar-refractivity contribution is 5.78. The van der Waals surface area contributed by atoms with Crippen molar-refractivity contribution in [1.82, 2.24) is 10.3 Å². The van der Waals surface area contributed by atoms with Gasteiger partial charge in [0.25, 0.3) is 0 Å². The van der Waals surface area contributed by atoms with E-state index in [-0.39, 0.29) is 11.9 Å². The van der Waals surface area contributed by atoms with Gasteiger partial charge in [0.2, 0.25) is 11.8 Å². The number of aromatic nitrogens is 1. The van der Waals surface area contributed by atoms with Crippen LogP contribution in [-0.4, -0.2) is 24.0 Å². The van der Waals surface area contributed by atoms with Crippen LogP contribution in [0.15, 0.2) is 18.2 Å². The van der Waals surface area contributed by atoms with Gasteiger partial charge in [0.15, 0.2) is 0 Å². The normalized spacial score (nSPS) is 20.1. The smallest absolute Gasteiger partial charge is 0.220 e. The number of carbonyl (C=O) groups is 1. The predicted octanol–water partition coefficient (Wildman–Crippen LogP) is 0.911. The van der Waals surface area contributed by atoms with Gasteiger partial charge in [0.05, 0.1) is 7.11 Å². The van der Waals surface area contributed by atoms with Crippen LogP contribution >= 0.6 is 0 Å². The van der Waals surface area contributed by atoms with E-state index in [2.05, 4.69) is 10.3 Å². The average molecular weight is 206 g/mol. The second-order valence-electron chi connectivity index (χ2n) is 3.68. The monoisotopic (exact) mass is 206 g/mol. The number of ether oxygens (including phenoxy) is 1. The first kappa shape index (κ1) is 9.96. The van der Waals surface area contributed by atoms with Crippen LogP contribution in [-0.2, 0) is 11.2 Å². The second kappa shape index (κ2) is 4.29. The summed E-state index contributed by atoms with van der Waals surface area (Å²) in [7, 11) is 1.60. The maximum atomic E-state index is 11.0. The predicted molar refractivity (Wildman–Crippen MR) is 55.7 cm³/mol. The minimum absolute atomic E-state index is 0.142. The molecule has 4 nitrogen and oxygen atoms in total. The van der Waals surface area contributed by atoms with Gasteiger partial charge in [-0.25, -0.2) is 4.98 Å². The van der Waals surface area contributed by atoms with E-state index in [4.69, 9.17) is 4.74 Å². The largest absolute Gasteiger partial charge is 0.481 e. The molecule has 0 bridgehead atoms. The number of nitrogens with one attached hydrogen (secondary N) is 1. The molecule has 1 atom stereocenters. The summed E-state index contributed by atoms with van der Waals surface area (Å²) in [5, 5.41) is 2.92. The van der Waals surface area contributed by atoms with E-state index in [0.717, 1.165) is 18.5 Å². The van der Waals surface area contributed by atoms with Crippen LogP contribution in [0.5, 0.6) is 5.88 Å². The molecule has 0 aromatic carbocycles. The zero-order valence-corrected chi connectivity index (χ0v) is 8.69. The van der Waals surface area contributed by atoms with E-state index in [1.54, 1.807) is 7.11 Å². The van der Waals surface area contributed by atoms with Crippen molar-refractivity contribution in [1.29, 1.82) is 0 Å². The lowest BCUT2D eigenvalue weighted by Crippen LogP contribution is -2.27. The SMILES string of the molecule is COc1cccc(CC2CCC(=O)N2)n1. The fraction of sp³-hybridized carbons (Fsp3) is 0.455. The van der Waals surface area contributed by atoms with E-state index < -0.39 is 0 Å². The zero-order valence-electron chi connectivity index (χ0n) is 8.69. The molecule has 15 heavy (non-hydrogen) atoms. The van der Waals surface area contributed by atoms with Crippen molar-refractivity contribution < 1.29 is 9.53 Å². The van der Waals surface area contributed by atoms with Crippen LogP contribution < -0.4 is 10.1 Å².